The van der Waals surface area contributed by atoms with Crippen LogP contribution in [0.25, 0.3) is 0 Å². The number of likely N-dealkylation sites (N-methyl/N-ethyl adjacent to an activating group) is 1. The van der Waals surface area contributed by atoms with Crippen LogP contribution in [0.4, 0.5) is 0 Å². The second-order valence-corrected chi connectivity index (χ2v) is 7.31. The second-order valence-electron chi connectivity index (χ2n) is 7.31. The van der Waals surface area contributed by atoms with Crippen LogP contribution in [0, 0.1) is 17.8 Å². The van der Waals surface area contributed by atoms with Gasteiger partial charge in [-0.05, 0) is 57.0 Å². The summed E-state index contributed by atoms with van der Waals surface area (Å²) in [7, 11) is 4.01. The Morgan fingerprint density at radius 3 is 2.55 bits per heavy atom. The zero-order chi connectivity index (χ0) is 14.7. The first-order valence-corrected chi connectivity index (χ1v) is 8.50. The van der Waals surface area contributed by atoms with Crippen LogP contribution in [0.15, 0.2) is 0 Å². The molecule has 1 N–H and O–H groups in total. The largest absolute Gasteiger partial charge is 0.380 e. The molecule has 5 unspecified atom stereocenters. The Hall–Kier alpha value is -0.120. The standard InChI is InChI=1S/C17H34N2O/c1-12(2)14-6-7-15(18-4)16(10-14)19-9-8-13(3)17(11-19)20-5/h12-18H,6-11H2,1-5H3. The maximum Gasteiger partial charge on any atom is 0.0724 e. The van der Waals surface area contributed by atoms with Crippen LogP contribution in [0.2, 0.25) is 0 Å². The molecule has 1 aliphatic heterocycles. The van der Waals surface area contributed by atoms with Crippen molar-refractivity contribution >= 4 is 0 Å². The maximum atomic E-state index is 5.71. The van der Waals surface area contributed by atoms with Crippen molar-refractivity contribution < 1.29 is 4.74 Å². The van der Waals surface area contributed by atoms with E-state index >= 15 is 0 Å². The number of hydrogen-bond donors (Lipinski definition) is 1. The Morgan fingerprint density at radius 2 is 1.95 bits per heavy atom. The molecule has 1 aliphatic carbocycles. The van der Waals surface area contributed by atoms with Crippen molar-refractivity contribution in [2.45, 2.75) is 64.6 Å². The molecule has 1 saturated heterocycles. The summed E-state index contributed by atoms with van der Waals surface area (Å²) < 4.78 is 5.71. The van der Waals surface area contributed by atoms with Gasteiger partial charge in [0.15, 0.2) is 0 Å². The van der Waals surface area contributed by atoms with Gasteiger partial charge in [-0.1, -0.05) is 20.8 Å². The summed E-state index contributed by atoms with van der Waals surface area (Å²) in [6.45, 7) is 9.47. The monoisotopic (exact) mass is 282 g/mol. The van der Waals surface area contributed by atoms with Crippen molar-refractivity contribution in [1.29, 1.82) is 0 Å². The number of ether oxygens (including phenoxy) is 1. The van der Waals surface area contributed by atoms with Gasteiger partial charge < -0.3 is 10.1 Å². The van der Waals surface area contributed by atoms with Crippen molar-refractivity contribution in [2.75, 3.05) is 27.2 Å². The number of likely N-dealkylation sites (tertiary alicyclic amines) is 1. The summed E-state index contributed by atoms with van der Waals surface area (Å²) in [6.07, 6.45) is 5.76. The van der Waals surface area contributed by atoms with Crippen molar-refractivity contribution in [3.05, 3.63) is 0 Å². The van der Waals surface area contributed by atoms with E-state index in [9.17, 15) is 0 Å². The van der Waals surface area contributed by atoms with E-state index in [0.29, 0.717) is 24.1 Å². The van der Waals surface area contributed by atoms with E-state index in [1.54, 1.807) is 0 Å². The molecule has 0 amide bonds. The molecule has 118 valence electrons. The van der Waals surface area contributed by atoms with E-state index in [0.717, 1.165) is 18.4 Å². The van der Waals surface area contributed by atoms with Crippen LogP contribution >= 0.6 is 0 Å². The van der Waals surface area contributed by atoms with E-state index in [-0.39, 0.29) is 0 Å². The minimum Gasteiger partial charge on any atom is -0.380 e. The van der Waals surface area contributed by atoms with Gasteiger partial charge in [-0.15, -0.1) is 0 Å². The third kappa shape index (κ3) is 3.55. The molecule has 3 heteroatoms. The minimum absolute atomic E-state index is 0.417. The summed E-state index contributed by atoms with van der Waals surface area (Å²) in [5, 5.41) is 3.57. The van der Waals surface area contributed by atoms with Crippen LogP contribution in [0.5, 0.6) is 0 Å². The lowest BCUT2D eigenvalue weighted by Gasteiger charge is -2.47. The van der Waals surface area contributed by atoms with Crippen LogP contribution in [-0.2, 0) is 4.74 Å². The summed E-state index contributed by atoms with van der Waals surface area (Å²) in [4.78, 5) is 2.71. The number of nitrogens with zero attached hydrogens (tertiary/aromatic N) is 1. The SMILES string of the molecule is CNC1CCC(C(C)C)CC1N1CCC(C)C(OC)C1. The average Bonchev–Trinajstić information content (AvgIpc) is 2.47. The Kier molecular flexibility index (Phi) is 5.88. The van der Waals surface area contributed by atoms with Gasteiger partial charge in [-0.25, -0.2) is 0 Å². The Bertz CT molecular complexity index is 295. The summed E-state index contributed by atoms with van der Waals surface area (Å²) in [6, 6.07) is 1.36. The molecule has 1 saturated carbocycles. The highest BCUT2D eigenvalue weighted by atomic mass is 16.5. The molecule has 0 bridgehead atoms. The first-order valence-electron chi connectivity index (χ1n) is 8.50. The van der Waals surface area contributed by atoms with Gasteiger partial charge in [0.05, 0.1) is 6.10 Å². The third-order valence-electron chi connectivity index (χ3n) is 5.86. The fourth-order valence-electron chi connectivity index (χ4n) is 4.19. The van der Waals surface area contributed by atoms with Gasteiger partial charge in [0.25, 0.3) is 0 Å². The van der Waals surface area contributed by atoms with Gasteiger partial charge in [0, 0.05) is 25.7 Å². The molecule has 2 rings (SSSR count). The smallest absolute Gasteiger partial charge is 0.0724 e. The van der Waals surface area contributed by atoms with E-state index in [4.69, 9.17) is 4.74 Å². The van der Waals surface area contributed by atoms with Crippen molar-refractivity contribution in [2.24, 2.45) is 17.8 Å². The fourth-order valence-corrected chi connectivity index (χ4v) is 4.19. The van der Waals surface area contributed by atoms with E-state index < -0.39 is 0 Å². The van der Waals surface area contributed by atoms with Gasteiger partial charge >= 0.3 is 0 Å². The molecule has 1 heterocycles. The van der Waals surface area contributed by atoms with E-state index in [2.05, 4.69) is 38.0 Å². The number of nitrogens with one attached hydrogen (secondary N) is 1. The first-order chi connectivity index (χ1) is 9.56. The lowest BCUT2D eigenvalue weighted by molar-refractivity contribution is -0.0354. The molecule has 5 atom stereocenters. The van der Waals surface area contributed by atoms with Gasteiger partial charge in [0.2, 0.25) is 0 Å². The summed E-state index contributed by atoms with van der Waals surface area (Å²) in [5.41, 5.74) is 0. The molecule has 0 aromatic carbocycles. The van der Waals surface area contributed by atoms with Gasteiger partial charge in [-0.2, -0.15) is 0 Å². The van der Waals surface area contributed by atoms with Crippen LogP contribution < -0.4 is 5.32 Å². The molecule has 2 aliphatic rings. The topological polar surface area (TPSA) is 24.5 Å². The highest BCUT2D eigenvalue weighted by molar-refractivity contribution is 4.94. The molecule has 0 spiro atoms. The highest BCUT2D eigenvalue weighted by Gasteiger charge is 2.37. The Morgan fingerprint density at radius 1 is 1.20 bits per heavy atom. The first kappa shape index (κ1) is 16.3. The number of piperidine rings is 1. The molecule has 3 nitrogen and oxygen atoms in total. The van der Waals surface area contributed by atoms with Crippen molar-refractivity contribution in [1.82, 2.24) is 10.2 Å². The van der Waals surface area contributed by atoms with Gasteiger partial charge in [-0.3, -0.25) is 4.90 Å². The zero-order valence-electron chi connectivity index (χ0n) is 14.1. The number of methoxy groups -OCH3 is 1. The van der Waals surface area contributed by atoms with E-state index in [1.165, 1.54) is 32.2 Å². The summed E-state index contributed by atoms with van der Waals surface area (Å²) >= 11 is 0. The normalized spacial score (nSPS) is 40.2. The quantitative estimate of drug-likeness (QED) is 0.858. The predicted octanol–water partition coefficient (Wildman–Crippen LogP) is 2.76. The molecular weight excluding hydrogens is 248 g/mol. The number of rotatable bonds is 4. The van der Waals surface area contributed by atoms with Crippen LogP contribution in [0.1, 0.15) is 46.5 Å². The lowest BCUT2D eigenvalue weighted by atomic mass is 9.75. The lowest BCUT2D eigenvalue weighted by Crippen LogP contribution is -2.57. The Labute approximate surface area is 125 Å². The summed E-state index contributed by atoms with van der Waals surface area (Å²) in [5.74, 6) is 2.41. The van der Waals surface area contributed by atoms with Crippen molar-refractivity contribution in [3.8, 4) is 0 Å². The second kappa shape index (κ2) is 7.24. The highest BCUT2D eigenvalue weighted by Crippen LogP contribution is 2.34. The number of hydrogen-bond acceptors (Lipinski definition) is 3. The predicted molar refractivity (Wildman–Crippen MR) is 85.0 cm³/mol. The molecule has 2 fully saturated rings. The molecule has 0 aromatic heterocycles. The van der Waals surface area contributed by atoms with Crippen LogP contribution in [0.3, 0.4) is 0 Å². The molecule has 20 heavy (non-hydrogen) atoms. The molecular formula is C17H34N2O. The molecule has 0 aromatic rings. The molecule has 0 radical (unpaired) electrons. The van der Waals surface area contributed by atoms with Gasteiger partial charge in [0.1, 0.15) is 0 Å². The van der Waals surface area contributed by atoms with Crippen LogP contribution in [-0.4, -0.2) is 50.3 Å². The minimum atomic E-state index is 0.417. The third-order valence-corrected chi connectivity index (χ3v) is 5.86. The zero-order valence-corrected chi connectivity index (χ0v) is 14.1. The Balaban J connectivity index is 2.03. The maximum absolute atomic E-state index is 5.71. The fraction of sp³-hybridized carbons (Fsp3) is 1.00. The van der Waals surface area contributed by atoms with E-state index in [1.807, 2.05) is 7.11 Å². The van der Waals surface area contributed by atoms with Crippen molar-refractivity contribution in [3.63, 3.8) is 0 Å². The average molecular weight is 282 g/mol.